The molecule has 0 spiro atoms. The van der Waals surface area contributed by atoms with Crippen LogP contribution in [-0.2, 0) is 14.8 Å². The molecule has 31 heavy (non-hydrogen) atoms. The van der Waals surface area contributed by atoms with Crippen molar-refractivity contribution in [2.24, 2.45) is 0 Å². The Balaban J connectivity index is 1.64. The number of pyridine rings is 1. The summed E-state index contributed by atoms with van der Waals surface area (Å²) in [5.74, 6) is 1.55. The van der Waals surface area contributed by atoms with Gasteiger partial charge in [0.05, 0.1) is 10.6 Å². The molecule has 8 nitrogen and oxygen atoms in total. The number of anilines is 4. The second-order valence-corrected chi connectivity index (χ2v) is 10.5. The lowest BCUT2D eigenvalue weighted by molar-refractivity contribution is -0.119. The maximum Gasteiger partial charge on any atom is 0.249 e. The fourth-order valence-electron chi connectivity index (χ4n) is 4.40. The van der Waals surface area contributed by atoms with Gasteiger partial charge in [0.25, 0.3) is 0 Å². The Kier molecular flexibility index (Phi) is 5.65. The second-order valence-electron chi connectivity index (χ2n) is 8.39. The monoisotopic (exact) mass is 443 g/mol. The Morgan fingerprint density at radius 2 is 1.71 bits per heavy atom. The number of carbonyl (C=O) groups is 1. The van der Waals surface area contributed by atoms with Crippen molar-refractivity contribution in [1.82, 2.24) is 9.29 Å². The van der Waals surface area contributed by atoms with Crippen molar-refractivity contribution in [1.29, 1.82) is 0 Å². The SMILES string of the molecule is C[C@@H]1C(=O)N(C)c2ccc(Nc3ccc(S(=O)(=O)N(C)C)cc3)nc2N1C1CCCC1. The Labute approximate surface area is 183 Å². The molecule has 1 fully saturated rings. The maximum absolute atomic E-state index is 12.8. The smallest absolute Gasteiger partial charge is 0.249 e. The molecule has 2 aliphatic rings. The number of sulfonamides is 1. The van der Waals surface area contributed by atoms with Crippen LogP contribution >= 0.6 is 0 Å². The quantitative estimate of drug-likeness (QED) is 0.764. The molecule has 1 N–H and O–H groups in total. The lowest BCUT2D eigenvalue weighted by Crippen LogP contribution is -2.54. The Morgan fingerprint density at radius 1 is 1.06 bits per heavy atom. The third-order valence-electron chi connectivity index (χ3n) is 6.19. The number of benzene rings is 1. The molecule has 2 heterocycles. The minimum Gasteiger partial charge on any atom is -0.340 e. The van der Waals surface area contributed by atoms with Gasteiger partial charge in [-0.05, 0) is 56.2 Å². The van der Waals surface area contributed by atoms with E-state index in [1.165, 1.54) is 31.2 Å². The molecule has 0 bridgehead atoms. The third-order valence-corrected chi connectivity index (χ3v) is 8.02. The number of nitrogens with zero attached hydrogens (tertiary/aromatic N) is 4. The Bertz CT molecular complexity index is 1080. The van der Waals surface area contributed by atoms with Crippen LogP contribution in [0, 0.1) is 0 Å². The van der Waals surface area contributed by atoms with Crippen LogP contribution in [0.1, 0.15) is 32.6 Å². The van der Waals surface area contributed by atoms with Crippen molar-refractivity contribution >= 4 is 38.9 Å². The van der Waals surface area contributed by atoms with E-state index < -0.39 is 10.0 Å². The molecule has 1 aromatic carbocycles. The number of rotatable bonds is 5. The van der Waals surface area contributed by atoms with Crippen LogP contribution in [0.25, 0.3) is 0 Å². The molecule has 2 aromatic rings. The molecule has 4 rings (SSSR count). The number of carbonyl (C=O) groups excluding carboxylic acids is 1. The molecule has 9 heteroatoms. The van der Waals surface area contributed by atoms with Crippen molar-refractivity contribution < 1.29 is 13.2 Å². The van der Waals surface area contributed by atoms with E-state index in [1.807, 2.05) is 19.1 Å². The van der Waals surface area contributed by atoms with Crippen molar-refractivity contribution in [2.75, 3.05) is 36.3 Å². The van der Waals surface area contributed by atoms with Crippen molar-refractivity contribution in [3.63, 3.8) is 0 Å². The van der Waals surface area contributed by atoms with Gasteiger partial charge < -0.3 is 15.1 Å². The standard InChI is InChI=1S/C22H29N5O3S/c1-15-22(28)26(4)19-13-14-20(24-21(19)27(15)17-7-5-6-8-17)23-16-9-11-18(12-10-16)31(29,30)25(2)3/h9-15,17H,5-8H2,1-4H3,(H,23,24)/t15-/m1/s1. The van der Waals surface area contributed by atoms with Gasteiger partial charge in [-0.1, -0.05) is 12.8 Å². The fraction of sp³-hybridized carbons (Fsp3) is 0.455. The minimum atomic E-state index is -3.47. The number of amides is 1. The topological polar surface area (TPSA) is 85.8 Å². The summed E-state index contributed by atoms with van der Waals surface area (Å²) < 4.78 is 25.7. The summed E-state index contributed by atoms with van der Waals surface area (Å²) in [6.45, 7) is 1.95. The summed E-state index contributed by atoms with van der Waals surface area (Å²) >= 11 is 0. The second kappa shape index (κ2) is 8.12. The molecule has 0 unspecified atom stereocenters. The van der Waals surface area contributed by atoms with Gasteiger partial charge in [-0.25, -0.2) is 17.7 Å². The van der Waals surface area contributed by atoms with Crippen LogP contribution in [0.2, 0.25) is 0 Å². The van der Waals surface area contributed by atoms with Crippen LogP contribution in [0.15, 0.2) is 41.3 Å². The molecule has 0 saturated heterocycles. The number of nitrogens with one attached hydrogen (secondary N) is 1. The minimum absolute atomic E-state index is 0.0830. The molecule has 1 aliphatic heterocycles. The lowest BCUT2D eigenvalue weighted by atomic mass is 10.1. The third kappa shape index (κ3) is 3.87. The fourth-order valence-corrected chi connectivity index (χ4v) is 5.31. The average molecular weight is 444 g/mol. The first-order valence-electron chi connectivity index (χ1n) is 10.6. The van der Waals surface area contributed by atoms with Crippen molar-refractivity contribution in [2.45, 2.75) is 49.6 Å². The van der Waals surface area contributed by atoms with Gasteiger partial charge in [-0.2, -0.15) is 0 Å². The van der Waals surface area contributed by atoms with Gasteiger partial charge in [0.2, 0.25) is 15.9 Å². The van der Waals surface area contributed by atoms with Crippen LogP contribution in [-0.4, -0.2) is 56.8 Å². The maximum atomic E-state index is 12.8. The highest BCUT2D eigenvalue weighted by Crippen LogP contribution is 2.39. The van der Waals surface area contributed by atoms with Crippen LogP contribution in [0.5, 0.6) is 0 Å². The van der Waals surface area contributed by atoms with Crippen LogP contribution in [0.4, 0.5) is 23.0 Å². The predicted molar refractivity (Wildman–Crippen MR) is 122 cm³/mol. The molecule has 1 aromatic heterocycles. The van der Waals surface area contributed by atoms with Gasteiger partial charge in [-0.15, -0.1) is 0 Å². The molecule has 1 atom stereocenters. The van der Waals surface area contributed by atoms with Gasteiger partial charge in [0.1, 0.15) is 11.9 Å². The molecular weight excluding hydrogens is 414 g/mol. The van der Waals surface area contributed by atoms with E-state index in [-0.39, 0.29) is 16.8 Å². The summed E-state index contributed by atoms with van der Waals surface area (Å²) in [6, 6.07) is 10.4. The van der Waals surface area contributed by atoms with Crippen molar-refractivity contribution in [3.05, 3.63) is 36.4 Å². The van der Waals surface area contributed by atoms with Gasteiger partial charge in [0, 0.05) is 32.9 Å². The van der Waals surface area contributed by atoms with Gasteiger partial charge in [0.15, 0.2) is 5.82 Å². The largest absolute Gasteiger partial charge is 0.340 e. The number of likely N-dealkylation sites (N-methyl/N-ethyl adjacent to an activating group) is 1. The molecule has 166 valence electrons. The van der Waals surface area contributed by atoms with Gasteiger partial charge in [-0.3, -0.25) is 4.79 Å². The zero-order chi connectivity index (χ0) is 22.3. The van der Waals surface area contributed by atoms with E-state index in [0.717, 1.165) is 30.0 Å². The summed E-state index contributed by atoms with van der Waals surface area (Å²) in [4.78, 5) is 21.7. The normalized spacial score (nSPS) is 19.8. The zero-order valence-electron chi connectivity index (χ0n) is 18.4. The summed E-state index contributed by atoms with van der Waals surface area (Å²) in [5, 5.41) is 3.26. The van der Waals surface area contributed by atoms with E-state index in [9.17, 15) is 13.2 Å². The number of aromatic nitrogens is 1. The average Bonchev–Trinajstić information content (AvgIpc) is 3.27. The first-order chi connectivity index (χ1) is 14.7. The van der Waals surface area contributed by atoms with Gasteiger partial charge >= 0.3 is 0 Å². The van der Waals surface area contributed by atoms with E-state index >= 15 is 0 Å². The molecule has 1 amide bonds. The highest BCUT2D eigenvalue weighted by molar-refractivity contribution is 7.89. The zero-order valence-corrected chi connectivity index (χ0v) is 19.2. The Morgan fingerprint density at radius 3 is 2.32 bits per heavy atom. The summed E-state index contributed by atoms with van der Waals surface area (Å²) in [5.41, 5.74) is 1.55. The Hall–Kier alpha value is -2.65. The molecule has 0 radical (unpaired) electrons. The molecule has 1 saturated carbocycles. The lowest BCUT2D eigenvalue weighted by Gasteiger charge is -2.42. The van der Waals surface area contributed by atoms with Crippen molar-refractivity contribution in [3.8, 4) is 0 Å². The molecular formula is C22H29N5O3S. The van der Waals surface area contributed by atoms with E-state index in [2.05, 4.69) is 10.2 Å². The number of hydrogen-bond acceptors (Lipinski definition) is 6. The van der Waals surface area contributed by atoms with E-state index in [4.69, 9.17) is 4.98 Å². The van der Waals surface area contributed by atoms with E-state index in [1.54, 1.807) is 36.2 Å². The molecule has 1 aliphatic carbocycles. The predicted octanol–water partition coefficient (Wildman–Crippen LogP) is 3.19. The summed E-state index contributed by atoms with van der Waals surface area (Å²) in [6.07, 6.45) is 4.49. The first-order valence-corrected chi connectivity index (χ1v) is 12.0. The highest BCUT2D eigenvalue weighted by Gasteiger charge is 2.39. The van der Waals surface area contributed by atoms with Crippen LogP contribution < -0.4 is 15.1 Å². The first kappa shape index (κ1) is 21.6. The highest BCUT2D eigenvalue weighted by atomic mass is 32.2. The summed E-state index contributed by atoms with van der Waals surface area (Å²) in [7, 11) is 1.35. The number of hydrogen-bond donors (Lipinski definition) is 1. The number of fused-ring (bicyclic) bond motifs is 1. The van der Waals surface area contributed by atoms with Crippen LogP contribution in [0.3, 0.4) is 0 Å². The van der Waals surface area contributed by atoms with E-state index in [0.29, 0.717) is 11.9 Å².